The van der Waals surface area contributed by atoms with E-state index in [0.717, 1.165) is 21.5 Å². The Morgan fingerprint density at radius 3 is 1.24 bits per heavy atom. The van der Waals surface area contributed by atoms with Crippen molar-refractivity contribution in [2.45, 2.75) is 47.3 Å². The molecule has 0 spiro atoms. The van der Waals surface area contributed by atoms with E-state index in [0.29, 0.717) is 36.8 Å². The predicted molar refractivity (Wildman–Crippen MR) is 131 cm³/mol. The van der Waals surface area contributed by atoms with Crippen LogP contribution >= 0.6 is 0 Å². The van der Waals surface area contributed by atoms with Crippen LogP contribution in [0.3, 0.4) is 0 Å². The standard InChI is InChI=1S/C26H24O6S2/c27-33(28,29)23-15-13-17-5-1-3-7-21(17)25(23)19-9-11-20(12-10-19)26-22-8-4-2-6-18(22)14-16-24(26)34(30,31)32/h1-8,13-16,19-20H,9-12H2,(H,27,28,29)(H,30,31,32). The Morgan fingerprint density at radius 1 is 0.529 bits per heavy atom. The molecular formula is C26H24O6S2. The minimum absolute atomic E-state index is 0.0709. The lowest BCUT2D eigenvalue weighted by Crippen LogP contribution is -2.17. The van der Waals surface area contributed by atoms with Gasteiger partial charge in [-0.3, -0.25) is 9.11 Å². The Bertz CT molecular complexity index is 1490. The molecule has 0 unspecified atom stereocenters. The molecule has 0 amide bonds. The van der Waals surface area contributed by atoms with E-state index in [4.69, 9.17) is 0 Å². The molecule has 1 fully saturated rings. The topological polar surface area (TPSA) is 109 Å². The van der Waals surface area contributed by atoms with Crippen LogP contribution in [0.1, 0.15) is 48.6 Å². The zero-order valence-electron chi connectivity index (χ0n) is 18.3. The van der Waals surface area contributed by atoms with Crippen molar-refractivity contribution < 1.29 is 25.9 Å². The molecular weight excluding hydrogens is 472 g/mol. The number of hydrogen-bond acceptors (Lipinski definition) is 4. The summed E-state index contributed by atoms with van der Waals surface area (Å²) in [6.07, 6.45) is 2.48. The van der Waals surface area contributed by atoms with Crippen LogP contribution in [0.25, 0.3) is 21.5 Å². The van der Waals surface area contributed by atoms with Crippen molar-refractivity contribution in [3.05, 3.63) is 83.9 Å². The van der Waals surface area contributed by atoms with Gasteiger partial charge in [0.15, 0.2) is 0 Å². The van der Waals surface area contributed by atoms with Crippen molar-refractivity contribution in [2.75, 3.05) is 0 Å². The van der Waals surface area contributed by atoms with Gasteiger partial charge in [0.1, 0.15) is 0 Å². The molecule has 5 rings (SSSR count). The van der Waals surface area contributed by atoms with E-state index >= 15 is 0 Å². The average Bonchev–Trinajstić information content (AvgIpc) is 2.81. The van der Waals surface area contributed by atoms with Gasteiger partial charge in [0, 0.05) is 0 Å². The Kier molecular flexibility index (Phi) is 5.72. The SMILES string of the molecule is O=S(=O)(O)c1ccc2ccccc2c1C1CCC(c2c(S(=O)(=O)O)ccc3ccccc23)CC1. The van der Waals surface area contributed by atoms with Crippen LogP contribution in [0.15, 0.2) is 82.6 Å². The molecule has 0 bridgehead atoms. The first-order valence-corrected chi connectivity index (χ1v) is 14.0. The van der Waals surface area contributed by atoms with E-state index in [1.54, 1.807) is 12.1 Å². The molecule has 2 N–H and O–H groups in total. The van der Waals surface area contributed by atoms with Gasteiger partial charge in [-0.15, -0.1) is 0 Å². The van der Waals surface area contributed by atoms with Gasteiger partial charge in [0.05, 0.1) is 9.79 Å². The maximum atomic E-state index is 12.2. The Labute approximate surface area is 198 Å². The number of hydrogen-bond donors (Lipinski definition) is 2. The number of rotatable bonds is 4. The molecule has 8 heteroatoms. The Morgan fingerprint density at radius 2 is 0.882 bits per heavy atom. The van der Waals surface area contributed by atoms with Gasteiger partial charge in [-0.2, -0.15) is 16.8 Å². The van der Waals surface area contributed by atoms with Crippen LogP contribution in [0, 0.1) is 0 Å². The van der Waals surface area contributed by atoms with Crippen molar-refractivity contribution >= 4 is 41.8 Å². The molecule has 0 saturated heterocycles. The first-order chi connectivity index (χ1) is 16.1. The zero-order chi connectivity index (χ0) is 24.1. The lowest BCUT2D eigenvalue weighted by molar-refractivity contribution is 0.389. The fourth-order valence-electron chi connectivity index (χ4n) is 5.51. The third-order valence-corrected chi connectivity index (χ3v) is 8.78. The summed E-state index contributed by atoms with van der Waals surface area (Å²) in [7, 11) is -8.81. The molecule has 34 heavy (non-hydrogen) atoms. The highest BCUT2D eigenvalue weighted by atomic mass is 32.2. The van der Waals surface area contributed by atoms with E-state index in [2.05, 4.69) is 0 Å². The monoisotopic (exact) mass is 496 g/mol. The second-order valence-electron chi connectivity index (χ2n) is 8.90. The van der Waals surface area contributed by atoms with Gasteiger partial charge in [-0.25, -0.2) is 0 Å². The first-order valence-electron chi connectivity index (χ1n) is 11.1. The van der Waals surface area contributed by atoms with Crippen molar-refractivity contribution in [3.8, 4) is 0 Å². The van der Waals surface area contributed by atoms with Crippen LogP contribution < -0.4 is 0 Å². The molecule has 0 aliphatic heterocycles. The normalized spacial score (nSPS) is 19.5. The molecule has 1 aliphatic rings. The largest absolute Gasteiger partial charge is 0.294 e. The summed E-state index contributed by atoms with van der Waals surface area (Å²) in [5.41, 5.74) is 1.24. The van der Waals surface area contributed by atoms with Gasteiger partial charge in [0.25, 0.3) is 20.2 Å². The van der Waals surface area contributed by atoms with Gasteiger partial charge < -0.3 is 0 Å². The van der Waals surface area contributed by atoms with E-state index < -0.39 is 20.2 Å². The van der Waals surface area contributed by atoms with E-state index in [-0.39, 0.29) is 21.6 Å². The second-order valence-corrected chi connectivity index (χ2v) is 11.7. The third-order valence-electron chi connectivity index (χ3n) is 6.96. The maximum Gasteiger partial charge on any atom is 0.294 e. The van der Waals surface area contributed by atoms with Crippen molar-refractivity contribution in [2.24, 2.45) is 0 Å². The summed E-state index contributed by atoms with van der Waals surface area (Å²) in [6, 6.07) is 21.3. The van der Waals surface area contributed by atoms with Crippen molar-refractivity contribution in [3.63, 3.8) is 0 Å². The number of benzene rings is 4. The minimum atomic E-state index is -4.41. The molecule has 1 aliphatic carbocycles. The van der Waals surface area contributed by atoms with Crippen LogP contribution in [-0.2, 0) is 20.2 Å². The molecule has 4 aromatic carbocycles. The summed E-state index contributed by atoms with van der Waals surface area (Å²) in [6.45, 7) is 0. The fourth-order valence-corrected chi connectivity index (χ4v) is 7.10. The molecule has 0 radical (unpaired) electrons. The zero-order valence-corrected chi connectivity index (χ0v) is 19.9. The number of fused-ring (bicyclic) bond motifs is 2. The molecule has 6 nitrogen and oxygen atoms in total. The summed E-state index contributed by atoms with van der Waals surface area (Å²) >= 11 is 0. The smallest absolute Gasteiger partial charge is 0.282 e. The maximum absolute atomic E-state index is 12.2. The summed E-state index contributed by atoms with van der Waals surface area (Å²) < 4.78 is 68.6. The summed E-state index contributed by atoms with van der Waals surface area (Å²) in [5, 5.41) is 3.39. The van der Waals surface area contributed by atoms with E-state index in [1.807, 2.05) is 48.5 Å². The van der Waals surface area contributed by atoms with Crippen LogP contribution in [-0.4, -0.2) is 25.9 Å². The lowest BCUT2D eigenvalue weighted by atomic mass is 9.74. The third kappa shape index (κ3) is 4.11. The van der Waals surface area contributed by atoms with Crippen LogP contribution in [0.4, 0.5) is 0 Å². The average molecular weight is 497 g/mol. The summed E-state index contributed by atoms with van der Waals surface area (Å²) in [5.74, 6) is -0.216. The molecule has 0 heterocycles. The second kappa shape index (κ2) is 8.46. The van der Waals surface area contributed by atoms with Gasteiger partial charge in [-0.1, -0.05) is 60.7 Å². The van der Waals surface area contributed by atoms with E-state index in [9.17, 15) is 25.9 Å². The van der Waals surface area contributed by atoms with Crippen molar-refractivity contribution in [1.82, 2.24) is 0 Å². The highest BCUT2D eigenvalue weighted by Crippen LogP contribution is 2.47. The minimum Gasteiger partial charge on any atom is -0.282 e. The lowest BCUT2D eigenvalue weighted by Gasteiger charge is -2.32. The van der Waals surface area contributed by atoms with Gasteiger partial charge in [0.2, 0.25) is 0 Å². The Hall–Kier alpha value is -2.78. The predicted octanol–water partition coefficient (Wildman–Crippen LogP) is 5.93. The molecule has 4 aromatic rings. The highest BCUT2D eigenvalue weighted by molar-refractivity contribution is 7.86. The molecule has 0 aromatic heterocycles. The van der Waals surface area contributed by atoms with Gasteiger partial charge >= 0.3 is 0 Å². The van der Waals surface area contributed by atoms with Crippen molar-refractivity contribution in [1.29, 1.82) is 0 Å². The van der Waals surface area contributed by atoms with Crippen LogP contribution in [0.2, 0.25) is 0 Å². The molecule has 176 valence electrons. The molecule has 1 saturated carbocycles. The Balaban J connectivity index is 1.57. The fraction of sp³-hybridized carbons (Fsp3) is 0.231. The van der Waals surface area contributed by atoms with Gasteiger partial charge in [-0.05, 0) is 82.3 Å². The summed E-state index contributed by atoms with van der Waals surface area (Å²) in [4.78, 5) is -0.142. The van der Waals surface area contributed by atoms with E-state index in [1.165, 1.54) is 12.1 Å². The quantitative estimate of drug-likeness (QED) is 0.339. The highest BCUT2D eigenvalue weighted by Gasteiger charge is 2.32. The van der Waals surface area contributed by atoms with Crippen LogP contribution in [0.5, 0.6) is 0 Å². The molecule has 0 atom stereocenters. The first kappa shape index (κ1) is 23.0.